The molecule has 18 heavy (non-hydrogen) atoms. The molecule has 0 aromatic heterocycles. The molecule has 1 aromatic rings. The SMILES string of the molecule is CC(C)(C)OCCNc1cccc(C(=O)ON)c1. The fourth-order valence-electron chi connectivity index (χ4n) is 1.38. The van der Waals surface area contributed by atoms with Crippen molar-refractivity contribution in [1.82, 2.24) is 0 Å². The maximum absolute atomic E-state index is 11.2. The van der Waals surface area contributed by atoms with Crippen LogP contribution >= 0.6 is 0 Å². The lowest BCUT2D eigenvalue weighted by molar-refractivity contribution is 0.00333. The van der Waals surface area contributed by atoms with Gasteiger partial charge in [-0.3, -0.25) is 0 Å². The number of nitrogens with one attached hydrogen (secondary N) is 1. The van der Waals surface area contributed by atoms with Gasteiger partial charge in [-0.15, -0.1) is 0 Å². The topological polar surface area (TPSA) is 73.6 Å². The molecule has 100 valence electrons. The van der Waals surface area contributed by atoms with Gasteiger partial charge in [0.1, 0.15) is 0 Å². The molecule has 0 spiro atoms. The Balaban J connectivity index is 2.45. The highest BCUT2D eigenvalue weighted by Gasteiger charge is 2.09. The molecule has 0 saturated carbocycles. The molecule has 0 atom stereocenters. The van der Waals surface area contributed by atoms with Gasteiger partial charge in [0.05, 0.1) is 17.8 Å². The van der Waals surface area contributed by atoms with Gasteiger partial charge in [0.25, 0.3) is 0 Å². The van der Waals surface area contributed by atoms with Crippen LogP contribution in [0.1, 0.15) is 31.1 Å². The van der Waals surface area contributed by atoms with Crippen molar-refractivity contribution in [3.8, 4) is 0 Å². The van der Waals surface area contributed by atoms with E-state index in [1.165, 1.54) is 0 Å². The monoisotopic (exact) mass is 252 g/mol. The highest BCUT2D eigenvalue weighted by Crippen LogP contribution is 2.11. The van der Waals surface area contributed by atoms with Crippen LogP contribution in [0.5, 0.6) is 0 Å². The lowest BCUT2D eigenvalue weighted by Gasteiger charge is -2.19. The molecule has 0 aliphatic carbocycles. The second-order valence-corrected chi connectivity index (χ2v) is 4.87. The summed E-state index contributed by atoms with van der Waals surface area (Å²) in [4.78, 5) is 15.4. The average molecular weight is 252 g/mol. The van der Waals surface area contributed by atoms with Gasteiger partial charge in [-0.2, -0.15) is 5.90 Å². The fourth-order valence-corrected chi connectivity index (χ4v) is 1.38. The molecule has 0 radical (unpaired) electrons. The fraction of sp³-hybridized carbons (Fsp3) is 0.462. The van der Waals surface area contributed by atoms with Gasteiger partial charge in [0.2, 0.25) is 0 Å². The van der Waals surface area contributed by atoms with E-state index in [2.05, 4.69) is 10.2 Å². The number of carbonyl (C=O) groups excluding carboxylic acids is 1. The van der Waals surface area contributed by atoms with Gasteiger partial charge in [-0.25, -0.2) is 4.79 Å². The van der Waals surface area contributed by atoms with E-state index in [1.54, 1.807) is 18.2 Å². The first kappa shape index (κ1) is 14.5. The Morgan fingerprint density at radius 3 is 2.72 bits per heavy atom. The van der Waals surface area contributed by atoms with E-state index in [0.29, 0.717) is 18.7 Å². The zero-order chi connectivity index (χ0) is 13.6. The summed E-state index contributed by atoms with van der Waals surface area (Å²) in [6, 6.07) is 6.96. The predicted octanol–water partition coefficient (Wildman–Crippen LogP) is 1.94. The van der Waals surface area contributed by atoms with Gasteiger partial charge in [-0.1, -0.05) is 6.07 Å². The van der Waals surface area contributed by atoms with Crippen LogP contribution in [-0.2, 0) is 9.57 Å². The number of ether oxygens (including phenoxy) is 1. The number of nitrogens with two attached hydrogens (primary N) is 1. The van der Waals surface area contributed by atoms with E-state index in [-0.39, 0.29) is 5.60 Å². The Kier molecular flexibility index (Phi) is 5.12. The van der Waals surface area contributed by atoms with Crippen molar-refractivity contribution in [2.45, 2.75) is 26.4 Å². The van der Waals surface area contributed by atoms with Gasteiger partial charge in [0.15, 0.2) is 0 Å². The van der Waals surface area contributed by atoms with Crippen molar-refractivity contribution in [2.24, 2.45) is 5.90 Å². The van der Waals surface area contributed by atoms with Crippen LogP contribution in [0.2, 0.25) is 0 Å². The van der Waals surface area contributed by atoms with Crippen molar-refractivity contribution in [3.63, 3.8) is 0 Å². The third-order valence-electron chi connectivity index (χ3n) is 2.17. The number of carbonyl (C=O) groups is 1. The Morgan fingerprint density at radius 1 is 1.39 bits per heavy atom. The summed E-state index contributed by atoms with van der Waals surface area (Å²) in [5.41, 5.74) is 1.10. The van der Waals surface area contributed by atoms with Crippen molar-refractivity contribution >= 4 is 11.7 Å². The standard InChI is InChI=1S/C13H20N2O3/c1-13(2,3)17-8-7-15-11-6-4-5-10(9-11)12(16)18-14/h4-6,9,15H,7-8,14H2,1-3H3. The molecule has 0 aliphatic heterocycles. The minimum atomic E-state index is -0.551. The molecule has 3 N–H and O–H groups in total. The van der Waals surface area contributed by atoms with Gasteiger partial charge < -0.3 is 14.9 Å². The van der Waals surface area contributed by atoms with E-state index < -0.39 is 5.97 Å². The molecule has 1 rings (SSSR count). The van der Waals surface area contributed by atoms with Gasteiger partial charge in [-0.05, 0) is 39.0 Å². The highest BCUT2D eigenvalue weighted by molar-refractivity contribution is 5.90. The molecule has 0 fully saturated rings. The number of hydrogen-bond acceptors (Lipinski definition) is 5. The summed E-state index contributed by atoms with van der Waals surface area (Å²) in [5, 5.41) is 3.16. The largest absolute Gasteiger partial charge is 0.383 e. The van der Waals surface area contributed by atoms with Crippen LogP contribution in [0.15, 0.2) is 24.3 Å². The molecule has 0 aliphatic rings. The third-order valence-corrected chi connectivity index (χ3v) is 2.17. The Hall–Kier alpha value is -1.59. The van der Waals surface area contributed by atoms with E-state index >= 15 is 0 Å². The van der Waals surface area contributed by atoms with Crippen LogP contribution in [0, 0.1) is 0 Å². The number of hydrogen-bond donors (Lipinski definition) is 2. The van der Waals surface area contributed by atoms with Crippen LogP contribution in [0.25, 0.3) is 0 Å². The minimum Gasteiger partial charge on any atom is -0.383 e. The summed E-state index contributed by atoms with van der Waals surface area (Å²) in [5.74, 6) is 4.28. The lowest BCUT2D eigenvalue weighted by atomic mass is 10.2. The van der Waals surface area contributed by atoms with Crippen molar-refractivity contribution in [1.29, 1.82) is 0 Å². The molecule has 0 unspecified atom stereocenters. The van der Waals surface area contributed by atoms with E-state index in [9.17, 15) is 4.79 Å². The molecule has 0 heterocycles. The third kappa shape index (κ3) is 5.16. The van der Waals surface area contributed by atoms with Crippen molar-refractivity contribution in [2.75, 3.05) is 18.5 Å². The maximum atomic E-state index is 11.2. The second-order valence-electron chi connectivity index (χ2n) is 4.87. The molecule has 5 nitrogen and oxygen atoms in total. The lowest BCUT2D eigenvalue weighted by Crippen LogP contribution is -2.23. The van der Waals surface area contributed by atoms with Crippen LogP contribution in [0.3, 0.4) is 0 Å². The zero-order valence-corrected chi connectivity index (χ0v) is 11.0. The van der Waals surface area contributed by atoms with E-state index in [0.717, 1.165) is 5.69 Å². The summed E-state index contributed by atoms with van der Waals surface area (Å²) < 4.78 is 5.58. The minimum absolute atomic E-state index is 0.146. The van der Waals surface area contributed by atoms with Crippen LogP contribution < -0.4 is 11.2 Å². The average Bonchev–Trinajstić information content (AvgIpc) is 2.33. The zero-order valence-electron chi connectivity index (χ0n) is 11.0. The van der Waals surface area contributed by atoms with Gasteiger partial charge in [0, 0.05) is 12.2 Å². The number of anilines is 1. The van der Waals surface area contributed by atoms with Crippen molar-refractivity contribution < 1.29 is 14.4 Å². The van der Waals surface area contributed by atoms with Crippen LogP contribution in [0.4, 0.5) is 5.69 Å². The Morgan fingerprint density at radius 2 is 2.11 bits per heavy atom. The molecular formula is C13H20N2O3. The summed E-state index contributed by atoms with van der Waals surface area (Å²) in [7, 11) is 0. The first-order valence-corrected chi connectivity index (χ1v) is 5.81. The molecule has 5 heteroatoms. The maximum Gasteiger partial charge on any atom is 0.356 e. The molecule has 0 saturated heterocycles. The number of benzene rings is 1. The first-order chi connectivity index (χ1) is 8.42. The second kappa shape index (κ2) is 6.37. The summed E-state index contributed by atoms with van der Waals surface area (Å²) in [6.07, 6.45) is 0. The molecular weight excluding hydrogens is 232 g/mol. The number of rotatable bonds is 5. The first-order valence-electron chi connectivity index (χ1n) is 5.81. The quantitative estimate of drug-likeness (QED) is 0.619. The van der Waals surface area contributed by atoms with E-state index in [1.807, 2.05) is 26.8 Å². The molecule has 0 bridgehead atoms. The van der Waals surface area contributed by atoms with Crippen molar-refractivity contribution in [3.05, 3.63) is 29.8 Å². The summed E-state index contributed by atoms with van der Waals surface area (Å²) >= 11 is 0. The van der Waals surface area contributed by atoms with E-state index in [4.69, 9.17) is 10.6 Å². The molecule has 0 amide bonds. The highest BCUT2D eigenvalue weighted by atomic mass is 16.7. The normalized spacial score (nSPS) is 11.1. The molecule has 1 aromatic carbocycles. The Labute approximate surface area is 107 Å². The Bertz CT molecular complexity index is 399. The smallest absolute Gasteiger partial charge is 0.356 e. The van der Waals surface area contributed by atoms with Gasteiger partial charge >= 0.3 is 5.97 Å². The van der Waals surface area contributed by atoms with Crippen LogP contribution in [-0.4, -0.2) is 24.7 Å². The summed E-state index contributed by atoms with van der Waals surface area (Å²) in [6.45, 7) is 7.27. The predicted molar refractivity (Wildman–Crippen MR) is 70.2 cm³/mol.